The lowest BCUT2D eigenvalue weighted by molar-refractivity contribution is -0.135. The molecule has 2 fully saturated rings. The average molecular weight is 741 g/mol. The Bertz CT molecular complexity index is 2650. The van der Waals surface area contributed by atoms with E-state index in [4.69, 9.17) is 4.42 Å². The van der Waals surface area contributed by atoms with Gasteiger partial charge in [-0.25, -0.2) is 9.37 Å². The van der Waals surface area contributed by atoms with Crippen molar-refractivity contribution in [3.05, 3.63) is 168 Å². The summed E-state index contributed by atoms with van der Waals surface area (Å²) in [7, 11) is 0. The van der Waals surface area contributed by atoms with E-state index in [0.29, 0.717) is 50.5 Å². The van der Waals surface area contributed by atoms with E-state index in [9.17, 15) is 14.7 Å². The summed E-state index contributed by atoms with van der Waals surface area (Å²) in [5, 5.41) is 10.3. The van der Waals surface area contributed by atoms with E-state index < -0.39 is 46.6 Å². The number of benzene rings is 5. The summed E-state index contributed by atoms with van der Waals surface area (Å²) in [5.74, 6) is -6.29. The standard InChI is InChI=1S/C47H33FN2O6/c48-36-23-28(17-22-38(36)51)42-31-20-21-32-41(46(55)50(45(32)54)30-18-15-27(16-19-30)44-49-37-13-7-8-14-39(37)56-44)34(31)24-35-43(53)33(26-9-3-1-4-10-26)25-40(52)47(35,42)29-11-5-2-6-12-29/h1-20,22-23,25,32,34-35,41-42,51H,21,24H2. The molecular weight excluding hydrogens is 708 g/mol. The van der Waals surface area contributed by atoms with Gasteiger partial charge in [-0.1, -0.05) is 90.5 Å². The topological polar surface area (TPSA) is 118 Å². The molecule has 56 heavy (non-hydrogen) atoms. The van der Waals surface area contributed by atoms with E-state index in [0.717, 1.165) is 0 Å². The molecule has 6 atom stereocenters. The number of nitrogens with zero attached hydrogens (tertiary/aromatic N) is 2. The number of amides is 2. The molecule has 1 saturated heterocycles. The SMILES string of the molecule is O=C1C(c2ccccc2)=CC(=O)C2(c3ccccc3)C1CC1C(=CCC3C(=O)N(c4ccc(-c5nc6ccccc6o5)cc4)C(=O)C31)C2c1ccc(O)c(F)c1. The molecule has 0 spiro atoms. The van der Waals surface area contributed by atoms with Crippen LogP contribution in [-0.4, -0.2) is 33.5 Å². The van der Waals surface area contributed by atoms with Crippen molar-refractivity contribution in [2.24, 2.45) is 23.7 Å². The van der Waals surface area contributed by atoms with Gasteiger partial charge < -0.3 is 9.52 Å². The molecule has 4 aliphatic rings. The number of imide groups is 1. The summed E-state index contributed by atoms with van der Waals surface area (Å²) in [5.41, 5.74) is 3.52. The second kappa shape index (κ2) is 12.7. The zero-order valence-corrected chi connectivity index (χ0v) is 29.8. The fraction of sp³-hybridized carbons (Fsp3) is 0.170. The van der Waals surface area contributed by atoms with Crippen LogP contribution in [0.5, 0.6) is 5.75 Å². The fourth-order valence-electron chi connectivity index (χ4n) is 9.96. The molecule has 274 valence electrons. The van der Waals surface area contributed by atoms with Crippen molar-refractivity contribution < 1.29 is 33.1 Å². The number of phenolic OH excluding ortho intramolecular Hbond substituents is 1. The van der Waals surface area contributed by atoms with Crippen LogP contribution in [0.1, 0.15) is 35.4 Å². The van der Waals surface area contributed by atoms with Crippen molar-refractivity contribution in [1.29, 1.82) is 0 Å². The maximum atomic E-state index is 15.4. The average Bonchev–Trinajstić information content (AvgIpc) is 3.78. The number of hydrogen-bond acceptors (Lipinski definition) is 7. The lowest BCUT2D eigenvalue weighted by Crippen LogP contribution is -2.58. The highest BCUT2D eigenvalue weighted by Gasteiger charge is 2.66. The summed E-state index contributed by atoms with van der Waals surface area (Å²) in [6, 6.07) is 36.6. The molecule has 1 saturated carbocycles. The largest absolute Gasteiger partial charge is 0.505 e. The Kier molecular flexibility index (Phi) is 7.64. The number of para-hydroxylation sites is 2. The van der Waals surface area contributed by atoms with E-state index in [1.54, 1.807) is 54.6 Å². The van der Waals surface area contributed by atoms with Gasteiger partial charge in [-0.3, -0.25) is 24.1 Å². The van der Waals surface area contributed by atoms with E-state index in [1.165, 1.54) is 23.1 Å². The van der Waals surface area contributed by atoms with Crippen molar-refractivity contribution in [3.63, 3.8) is 0 Å². The van der Waals surface area contributed by atoms with Crippen LogP contribution in [0.4, 0.5) is 10.1 Å². The normalized spacial score (nSPS) is 25.7. The van der Waals surface area contributed by atoms with E-state index >= 15 is 14.0 Å². The first-order chi connectivity index (χ1) is 27.3. The summed E-state index contributed by atoms with van der Waals surface area (Å²) in [6.45, 7) is 0. The minimum Gasteiger partial charge on any atom is -0.505 e. The number of carbonyl (C=O) groups excluding carboxylic acids is 4. The Labute approximate surface area is 320 Å². The number of anilines is 1. The van der Waals surface area contributed by atoms with Gasteiger partial charge in [0, 0.05) is 23.0 Å². The number of aromatic hydroxyl groups is 1. The van der Waals surface area contributed by atoms with Gasteiger partial charge in [0.15, 0.2) is 28.7 Å². The van der Waals surface area contributed by atoms with Crippen LogP contribution in [0.15, 0.2) is 150 Å². The van der Waals surface area contributed by atoms with Crippen molar-refractivity contribution in [2.45, 2.75) is 24.2 Å². The molecule has 2 amide bonds. The van der Waals surface area contributed by atoms with Crippen molar-refractivity contribution in [1.82, 2.24) is 4.98 Å². The number of carbonyl (C=O) groups is 4. The highest BCUT2D eigenvalue weighted by molar-refractivity contribution is 6.32. The molecule has 10 rings (SSSR count). The van der Waals surface area contributed by atoms with Gasteiger partial charge in [0.2, 0.25) is 17.7 Å². The Morgan fingerprint density at radius 3 is 2.21 bits per heavy atom. The van der Waals surface area contributed by atoms with Crippen LogP contribution >= 0.6 is 0 Å². The third-order valence-corrected chi connectivity index (χ3v) is 12.3. The molecule has 0 bridgehead atoms. The number of rotatable bonds is 5. The summed E-state index contributed by atoms with van der Waals surface area (Å²) >= 11 is 0. The molecule has 0 radical (unpaired) electrons. The zero-order valence-electron chi connectivity index (χ0n) is 29.8. The number of halogens is 1. The maximum absolute atomic E-state index is 15.4. The van der Waals surface area contributed by atoms with Crippen LogP contribution in [0.2, 0.25) is 0 Å². The van der Waals surface area contributed by atoms with Crippen LogP contribution in [0, 0.1) is 29.5 Å². The number of aromatic nitrogens is 1. The first-order valence-electron chi connectivity index (χ1n) is 18.7. The Hall–Kier alpha value is -6.74. The van der Waals surface area contributed by atoms with Gasteiger partial charge in [0.1, 0.15) is 5.52 Å². The second-order valence-corrected chi connectivity index (χ2v) is 15.0. The van der Waals surface area contributed by atoms with Crippen LogP contribution in [-0.2, 0) is 24.6 Å². The van der Waals surface area contributed by atoms with Gasteiger partial charge >= 0.3 is 0 Å². The van der Waals surface area contributed by atoms with Crippen molar-refractivity contribution in [2.75, 3.05) is 4.90 Å². The second-order valence-electron chi connectivity index (χ2n) is 15.0. The summed E-state index contributed by atoms with van der Waals surface area (Å²) in [4.78, 5) is 65.0. The van der Waals surface area contributed by atoms with Crippen molar-refractivity contribution in [3.8, 4) is 17.2 Å². The first-order valence-corrected chi connectivity index (χ1v) is 18.7. The summed E-state index contributed by atoms with van der Waals surface area (Å²) < 4.78 is 21.3. The highest BCUT2D eigenvalue weighted by Crippen LogP contribution is 2.64. The molecule has 5 aromatic carbocycles. The molecule has 6 unspecified atom stereocenters. The Balaban J connectivity index is 1.10. The molecule has 6 aromatic rings. The highest BCUT2D eigenvalue weighted by atomic mass is 19.1. The maximum Gasteiger partial charge on any atom is 0.238 e. The number of allylic oxidation sites excluding steroid dienone is 4. The van der Waals surface area contributed by atoms with Gasteiger partial charge in [-0.15, -0.1) is 0 Å². The predicted molar refractivity (Wildman–Crippen MR) is 207 cm³/mol. The smallest absolute Gasteiger partial charge is 0.238 e. The molecular formula is C47H33FN2O6. The first kappa shape index (κ1) is 33.8. The van der Waals surface area contributed by atoms with Gasteiger partial charge in [-0.2, -0.15) is 0 Å². The van der Waals surface area contributed by atoms with E-state index in [2.05, 4.69) is 4.98 Å². The van der Waals surface area contributed by atoms with E-state index in [-0.39, 0.29) is 41.8 Å². The van der Waals surface area contributed by atoms with Crippen LogP contribution < -0.4 is 4.90 Å². The number of phenols is 1. The monoisotopic (exact) mass is 740 g/mol. The number of Topliss-reactive ketones (excluding diaryl/α,β-unsaturated/α-hetero) is 1. The summed E-state index contributed by atoms with van der Waals surface area (Å²) in [6.07, 6.45) is 3.70. The van der Waals surface area contributed by atoms with Gasteiger partial charge in [-0.05, 0) is 90.1 Å². The Morgan fingerprint density at radius 2 is 1.48 bits per heavy atom. The number of ketones is 2. The third kappa shape index (κ3) is 4.86. The Morgan fingerprint density at radius 1 is 0.768 bits per heavy atom. The minimum atomic E-state index is -1.50. The molecule has 3 aliphatic carbocycles. The molecule has 2 heterocycles. The van der Waals surface area contributed by atoms with Crippen LogP contribution in [0.25, 0.3) is 28.1 Å². The minimum absolute atomic E-state index is 0.122. The lowest BCUT2D eigenvalue weighted by Gasteiger charge is -2.55. The molecule has 1 aromatic heterocycles. The van der Waals surface area contributed by atoms with Crippen LogP contribution in [0.3, 0.4) is 0 Å². The zero-order chi connectivity index (χ0) is 38.3. The lowest BCUT2D eigenvalue weighted by atomic mass is 9.44. The van der Waals surface area contributed by atoms with Crippen molar-refractivity contribution >= 4 is 45.7 Å². The number of oxazole rings is 1. The molecule has 1 N–H and O–H groups in total. The molecule has 8 nitrogen and oxygen atoms in total. The fourth-order valence-corrected chi connectivity index (χ4v) is 9.96. The third-order valence-electron chi connectivity index (χ3n) is 12.3. The van der Waals surface area contributed by atoms with Gasteiger partial charge in [0.25, 0.3) is 0 Å². The number of fused-ring (bicyclic) bond motifs is 5. The van der Waals surface area contributed by atoms with Gasteiger partial charge in [0.05, 0.1) is 22.9 Å². The predicted octanol–water partition coefficient (Wildman–Crippen LogP) is 8.37. The van der Waals surface area contributed by atoms with E-state index in [1.807, 2.05) is 66.7 Å². The molecule has 1 aliphatic heterocycles. The number of hydrogen-bond donors (Lipinski definition) is 1. The quantitative estimate of drug-likeness (QED) is 0.139. The molecule has 9 heteroatoms.